The molecule has 0 aliphatic rings. The number of aryl methyl sites for hydroxylation is 1. The fraction of sp³-hybridized carbons (Fsp3) is 0.357. The lowest BCUT2D eigenvalue weighted by molar-refractivity contribution is 0.372. The minimum absolute atomic E-state index is 0.653. The van der Waals surface area contributed by atoms with Crippen LogP contribution in [0.15, 0.2) is 24.3 Å². The molecule has 2 aromatic rings. The number of anilines is 1. The van der Waals surface area contributed by atoms with Crippen molar-refractivity contribution in [1.82, 2.24) is 14.7 Å². The first-order valence-electron chi connectivity index (χ1n) is 6.13. The lowest BCUT2D eigenvalue weighted by Crippen LogP contribution is -2.11. The van der Waals surface area contributed by atoms with Crippen LogP contribution in [-0.2, 0) is 13.6 Å². The molecule has 5 nitrogen and oxygen atoms in total. The van der Waals surface area contributed by atoms with Crippen molar-refractivity contribution in [2.45, 2.75) is 6.54 Å². The average molecular weight is 260 g/mol. The summed E-state index contributed by atoms with van der Waals surface area (Å²) in [6.07, 6.45) is 0. The van der Waals surface area contributed by atoms with Gasteiger partial charge in [0, 0.05) is 30.8 Å². The Morgan fingerprint density at radius 2 is 2.05 bits per heavy atom. The van der Waals surface area contributed by atoms with Crippen LogP contribution in [0.1, 0.15) is 5.56 Å². The van der Waals surface area contributed by atoms with E-state index < -0.39 is 0 Å². The van der Waals surface area contributed by atoms with Gasteiger partial charge in [-0.05, 0) is 32.3 Å². The molecule has 0 aliphatic heterocycles. The first kappa shape index (κ1) is 13.4. The molecule has 0 unspecified atom stereocenters. The van der Waals surface area contributed by atoms with Crippen LogP contribution >= 0.6 is 0 Å². The molecule has 5 heteroatoms. The van der Waals surface area contributed by atoms with Crippen molar-refractivity contribution >= 4 is 5.82 Å². The molecule has 1 aromatic heterocycles. The van der Waals surface area contributed by atoms with Crippen molar-refractivity contribution in [3.05, 3.63) is 29.8 Å². The Morgan fingerprint density at radius 1 is 1.32 bits per heavy atom. The zero-order valence-electron chi connectivity index (χ0n) is 11.8. The number of nitrogens with two attached hydrogens (primary N) is 1. The molecule has 0 atom stereocenters. The van der Waals surface area contributed by atoms with Gasteiger partial charge < -0.3 is 15.4 Å². The summed E-state index contributed by atoms with van der Waals surface area (Å²) >= 11 is 0. The van der Waals surface area contributed by atoms with Crippen LogP contribution in [0.2, 0.25) is 0 Å². The zero-order valence-corrected chi connectivity index (χ0v) is 11.8. The molecule has 0 saturated heterocycles. The number of ether oxygens (including phenoxy) is 1. The molecule has 2 N–H and O–H groups in total. The zero-order chi connectivity index (χ0) is 14.0. The molecular weight excluding hydrogens is 240 g/mol. The predicted octanol–water partition coefficient (Wildman–Crippen LogP) is 1.74. The van der Waals surface area contributed by atoms with Crippen LogP contribution < -0.4 is 10.5 Å². The second-order valence-electron chi connectivity index (χ2n) is 4.84. The minimum atomic E-state index is 0.653. The Kier molecular flexibility index (Phi) is 3.76. The van der Waals surface area contributed by atoms with E-state index in [9.17, 15) is 0 Å². The van der Waals surface area contributed by atoms with Gasteiger partial charge in [-0.2, -0.15) is 5.10 Å². The monoisotopic (exact) mass is 260 g/mol. The van der Waals surface area contributed by atoms with Gasteiger partial charge in [-0.1, -0.05) is 0 Å². The summed E-state index contributed by atoms with van der Waals surface area (Å²) in [5, 5.41) is 4.39. The first-order valence-corrected chi connectivity index (χ1v) is 6.13. The molecule has 0 radical (unpaired) electrons. The Labute approximate surface area is 113 Å². The van der Waals surface area contributed by atoms with E-state index in [0.717, 1.165) is 29.1 Å². The number of methoxy groups -OCH3 is 1. The number of hydrogen-bond acceptors (Lipinski definition) is 4. The number of rotatable bonds is 4. The smallest absolute Gasteiger partial charge is 0.123 e. The van der Waals surface area contributed by atoms with E-state index in [4.69, 9.17) is 10.5 Å². The van der Waals surface area contributed by atoms with E-state index in [1.165, 1.54) is 0 Å². The lowest BCUT2D eigenvalue weighted by atomic mass is 10.1. The Bertz CT molecular complexity index is 555. The molecule has 19 heavy (non-hydrogen) atoms. The summed E-state index contributed by atoms with van der Waals surface area (Å²) in [6.45, 7) is 0.819. The largest absolute Gasteiger partial charge is 0.496 e. The Hall–Kier alpha value is -2.01. The third-order valence-corrected chi connectivity index (χ3v) is 2.98. The highest BCUT2D eigenvalue weighted by Gasteiger charge is 2.10. The molecular formula is C14H20N4O. The number of aromatic nitrogens is 2. The standard InChI is InChI=1S/C14H20N4O/c1-17(2)9-11-7-10(5-6-13(11)19-4)12-8-14(15)18(3)16-12/h5-8H,9,15H2,1-4H3. The van der Waals surface area contributed by atoms with Crippen molar-refractivity contribution in [3.8, 4) is 17.0 Å². The van der Waals surface area contributed by atoms with E-state index >= 15 is 0 Å². The molecule has 0 saturated carbocycles. The van der Waals surface area contributed by atoms with Gasteiger partial charge in [0.05, 0.1) is 12.8 Å². The molecule has 0 spiro atoms. The highest BCUT2D eigenvalue weighted by Crippen LogP contribution is 2.27. The van der Waals surface area contributed by atoms with Gasteiger partial charge in [0.25, 0.3) is 0 Å². The van der Waals surface area contributed by atoms with E-state index in [1.807, 2.05) is 39.3 Å². The number of hydrogen-bond donors (Lipinski definition) is 1. The fourth-order valence-electron chi connectivity index (χ4n) is 2.02. The molecule has 2 rings (SSSR count). The van der Waals surface area contributed by atoms with Gasteiger partial charge in [0.15, 0.2) is 0 Å². The maximum absolute atomic E-state index is 5.82. The maximum Gasteiger partial charge on any atom is 0.123 e. The van der Waals surface area contributed by atoms with Crippen molar-refractivity contribution < 1.29 is 4.74 Å². The number of nitrogen functional groups attached to an aromatic ring is 1. The predicted molar refractivity (Wildman–Crippen MR) is 77.0 cm³/mol. The molecule has 0 fully saturated rings. The molecule has 0 aliphatic carbocycles. The van der Waals surface area contributed by atoms with Crippen molar-refractivity contribution in [2.75, 3.05) is 26.9 Å². The Morgan fingerprint density at radius 3 is 2.58 bits per heavy atom. The van der Waals surface area contributed by atoms with Crippen molar-refractivity contribution in [1.29, 1.82) is 0 Å². The summed E-state index contributed by atoms with van der Waals surface area (Å²) in [5.41, 5.74) is 8.88. The van der Waals surface area contributed by atoms with Gasteiger partial charge in [0.1, 0.15) is 11.6 Å². The molecule has 0 bridgehead atoms. The second-order valence-corrected chi connectivity index (χ2v) is 4.84. The number of benzene rings is 1. The van der Waals surface area contributed by atoms with E-state index in [0.29, 0.717) is 5.82 Å². The van der Waals surface area contributed by atoms with E-state index in [-0.39, 0.29) is 0 Å². The van der Waals surface area contributed by atoms with Crippen LogP contribution in [0, 0.1) is 0 Å². The third-order valence-electron chi connectivity index (χ3n) is 2.98. The summed E-state index contributed by atoms with van der Waals surface area (Å²) in [4.78, 5) is 2.11. The second kappa shape index (κ2) is 5.32. The van der Waals surface area contributed by atoms with Crippen LogP contribution in [0.5, 0.6) is 5.75 Å². The normalized spacial score (nSPS) is 11.0. The maximum atomic E-state index is 5.82. The van der Waals surface area contributed by atoms with Gasteiger partial charge in [-0.3, -0.25) is 4.68 Å². The van der Waals surface area contributed by atoms with Crippen LogP contribution in [0.3, 0.4) is 0 Å². The van der Waals surface area contributed by atoms with Gasteiger partial charge in [0.2, 0.25) is 0 Å². The summed E-state index contributed by atoms with van der Waals surface area (Å²) in [6, 6.07) is 7.95. The SMILES string of the molecule is COc1ccc(-c2cc(N)n(C)n2)cc1CN(C)C. The summed E-state index contributed by atoms with van der Waals surface area (Å²) in [5.74, 6) is 1.54. The Balaban J connectivity index is 2.42. The fourth-order valence-corrected chi connectivity index (χ4v) is 2.02. The molecule has 0 amide bonds. The van der Waals surface area contributed by atoms with E-state index in [1.54, 1.807) is 11.8 Å². The quantitative estimate of drug-likeness (QED) is 0.909. The van der Waals surface area contributed by atoms with E-state index in [2.05, 4.69) is 16.1 Å². The van der Waals surface area contributed by atoms with Crippen molar-refractivity contribution in [3.63, 3.8) is 0 Å². The minimum Gasteiger partial charge on any atom is -0.496 e. The molecule has 1 heterocycles. The molecule has 102 valence electrons. The highest BCUT2D eigenvalue weighted by molar-refractivity contribution is 5.64. The van der Waals surface area contributed by atoms with Gasteiger partial charge in [-0.15, -0.1) is 0 Å². The van der Waals surface area contributed by atoms with Crippen LogP contribution in [0.25, 0.3) is 11.3 Å². The number of nitrogens with zero attached hydrogens (tertiary/aromatic N) is 3. The van der Waals surface area contributed by atoms with Gasteiger partial charge in [-0.25, -0.2) is 0 Å². The van der Waals surface area contributed by atoms with Crippen LogP contribution in [-0.4, -0.2) is 35.9 Å². The van der Waals surface area contributed by atoms with Crippen LogP contribution in [0.4, 0.5) is 5.82 Å². The average Bonchev–Trinajstić information content (AvgIpc) is 2.69. The molecule has 1 aromatic carbocycles. The van der Waals surface area contributed by atoms with Crippen molar-refractivity contribution in [2.24, 2.45) is 7.05 Å². The topological polar surface area (TPSA) is 56.3 Å². The lowest BCUT2D eigenvalue weighted by Gasteiger charge is -2.14. The third kappa shape index (κ3) is 2.88. The highest BCUT2D eigenvalue weighted by atomic mass is 16.5. The first-order chi connectivity index (χ1) is 9.01. The summed E-state index contributed by atoms with van der Waals surface area (Å²) in [7, 11) is 7.59. The summed E-state index contributed by atoms with van der Waals surface area (Å²) < 4.78 is 7.06. The van der Waals surface area contributed by atoms with Gasteiger partial charge >= 0.3 is 0 Å².